The van der Waals surface area contributed by atoms with Crippen LogP contribution in [0.4, 0.5) is 0 Å². The molecule has 4 atom stereocenters. The number of H-pyrrole nitrogens is 1. The Morgan fingerprint density at radius 1 is 0.805 bits per heavy atom. The van der Waals surface area contributed by atoms with Crippen LogP contribution >= 0.6 is 0 Å². The first-order valence-electron chi connectivity index (χ1n) is 13.6. The van der Waals surface area contributed by atoms with Crippen LogP contribution in [-0.4, -0.2) is 63.1 Å². The third kappa shape index (κ3) is 8.31. The van der Waals surface area contributed by atoms with Crippen LogP contribution in [-0.2, 0) is 32.0 Å². The molecule has 0 saturated carbocycles. The third-order valence-corrected chi connectivity index (χ3v) is 6.99. The van der Waals surface area contributed by atoms with E-state index < -0.39 is 47.9 Å². The highest BCUT2D eigenvalue weighted by Crippen LogP contribution is 2.20. The number of carbonyl (C=O) groups excluding carboxylic acids is 3. The van der Waals surface area contributed by atoms with E-state index in [0.29, 0.717) is 5.56 Å². The second kappa shape index (κ2) is 13.8. The molecule has 1 heterocycles. The lowest BCUT2D eigenvalue weighted by Gasteiger charge is -2.27. The fraction of sp³-hybridized carbons (Fsp3) is 0.400. The molecule has 11 heteroatoms. The second-order valence-electron chi connectivity index (χ2n) is 10.9. The van der Waals surface area contributed by atoms with E-state index in [9.17, 15) is 29.4 Å². The van der Waals surface area contributed by atoms with Crippen LogP contribution < -0.4 is 21.7 Å². The zero-order chi connectivity index (χ0) is 30.3. The number of phenolic OH excluding ortho intramolecular Hbond substituents is 1. The third-order valence-electron chi connectivity index (χ3n) is 6.99. The fourth-order valence-electron chi connectivity index (χ4n) is 4.42. The number of rotatable bonds is 13. The number of aromatic hydroxyl groups is 1. The van der Waals surface area contributed by atoms with Crippen molar-refractivity contribution in [3.05, 3.63) is 65.9 Å². The molecule has 0 aliphatic heterocycles. The van der Waals surface area contributed by atoms with E-state index in [0.717, 1.165) is 16.5 Å². The number of carbonyl (C=O) groups is 4. The Kier molecular flexibility index (Phi) is 10.5. The summed E-state index contributed by atoms with van der Waals surface area (Å²) in [7, 11) is 0. The predicted octanol–water partition coefficient (Wildman–Crippen LogP) is 1.84. The van der Waals surface area contributed by atoms with Gasteiger partial charge in [0, 0.05) is 29.9 Å². The van der Waals surface area contributed by atoms with E-state index in [1.807, 2.05) is 24.3 Å². The topological polar surface area (TPSA) is 187 Å². The molecule has 3 rings (SSSR count). The molecule has 0 saturated heterocycles. The van der Waals surface area contributed by atoms with Gasteiger partial charge in [-0.3, -0.25) is 14.4 Å². The Bertz CT molecular complexity index is 1370. The molecule has 2 aromatic carbocycles. The van der Waals surface area contributed by atoms with Crippen molar-refractivity contribution in [2.45, 2.75) is 64.7 Å². The molecule has 0 aliphatic rings. The average Bonchev–Trinajstić information content (AvgIpc) is 3.33. The van der Waals surface area contributed by atoms with Gasteiger partial charge in [0.2, 0.25) is 17.7 Å². The maximum absolute atomic E-state index is 13.6. The Morgan fingerprint density at radius 3 is 2.05 bits per heavy atom. The van der Waals surface area contributed by atoms with Crippen molar-refractivity contribution in [2.24, 2.45) is 17.6 Å². The van der Waals surface area contributed by atoms with E-state index >= 15 is 0 Å². The first kappa shape index (κ1) is 31.2. The summed E-state index contributed by atoms with van der Waals surface area (Å²) in [5.74, 6) is -3.45. The molecule has 0 spiro atoms. The molecule has 220 valence electrons. The Labute approximate surface area is 238 Å². The lowest BCUT2D eigenvalue weighted by molar-refractivity contribution is -0.142. The summed E-state index contributed by atoms with van der Waals surface area (Å²) >= 11 is 0. The van der Waals surface area contributed by atoms with Crippen LogP contribution in [0.25, 0.3) is 10.9 Å². The van der Waals surface area contributed by atoms with Gasteiger partial charge >= 0.3 is 5.97 Å². The minimum Gasteiger partial charge on any atom is -0.508 e. The van der Waals surface area contributed by atoms with Gasteiger partial charge in [0.1, 0.15) is 23.9 Å². The van der Waals surface area contributed by atoms with Gasteiger partial charge in [-0.25, -0.2) is 4.79 Å². The first-order valence-corrected chi connectivity index (χ1v) is 13.6. The maximum atomic E-state index is 13.6. The molecule has 4 unspecified atom stereocenters. The summed E-state index contributed by atoms with van der Waals surface area (Å²) in [6.45, 7) is 7.12. The van der Waals surface area contributed by atoms with Gasteiger partial charge in [-0.15, -0.1) is 0 Å². The summed E-state index contributed by atoms with van der Waals surface area (Å²) < 4.78 is 0. The van der Waals surface area contributed by atoms with Gasteiger partial charge in [-0.2, -0.15) is 0 Å². The van der Waals surface area contributed by atoms with E-state index in [1.165, 1.54) is 12.1 Å². The SMILES string of the molecule is CC(C)C(N)C(=O)NC(C(=O)NC(Cc1c[nH]c2ccccc12)C(=O)NC(Cc1ccc(O)cc1)C(=O)O)C(C)C. The van der Waals surface area contributed by atoms with E-state index in [-0.39, 0.29) is 30.4 Å². The number of fused-ring (bicyclic) bond motifs is 1. The number of aliphatic carboxylic acids is 1. The van der Waals surface area contributed by atoms with Crippen molar-refractivity contribution in [2.75, 3.05) is 0 Å². The smallest absolute Gasteiger partial charge is 0.326 e. The molecule has 0 fully saturated rings. The molecule has 0 radical (unpaired) electrons. The maximum Gasteiger partial charge on any atom is 0.326 e. The fourth-order valence-corrected chi connectivity index (χ4v) is 4.42. The number of para-hydroxylation sites is 1. The van der Waals surface area contributed by atoms with Crippen molar-refractivity contribution in [3.8, 4) is 5.75 Å². The minimum atomic E-state index is -1.29. The normalized spacial score (nSPS) is 14.3. The average molecular weight is 566 g/mol. The van der Waals surface area contributed by atoms with Crippen molar-refractivity contribution >= 4 is 34.6 Å². The molecule has 8 N–H and O–H groups in total. The second-order valence-corrected chi connectivity index (χ2v) is 10.9. The molecule has 0 bridgehead atoms. The number of nitrogens with two attached hydrogens (primary N) is 1. The lowest BCUT2D eigenvalue weighted by atomic mass is 9.98. The molecule has 1 aromatic heterocycles. The minimum absolute atomic E-state index is 0.0346. The highest BCUT2D eigenvalue weighted by atomic mass is 16.4. The zero-order valence-corrected chi connectivity index (χ0v) is 23.7. The summed E-state index contributed by atoms with van der Waals surface area (Å²) in [5, 5.41) is 28.2. The van der Waals surface area contributed by atoms with Gasteiger partial charge in [0.05, 0.1) is 6.04 Å². The number of carboxylic acids is 1. The van der Waals surface area contributed by atoms with Gasteiger partial charge in [-0.1, -0.05) is 58.0 Å². The van der Waals surface area contributed by atoms with Crippen molar-refractivity contribution in [3.63, 3.8) is 0 Å². The highest BCUT2D eigenvalue weighted by molar-refractivity contribution is 5.95. The van der Waals surface area contributed by atoms with Crippen molar-refractivity contribution in [1.29, 1.82) is 0 Å². The highest BCUT2D eigenvalue weighted by Gasteiger charge is 2.32. The number of phenols is 1. The van der Waals surface area contributed by atoms with Gasteiger partial charge < -0.3 is 36.9 Å². The Balaban J connectivity index is 1.86. The molecular formula is C30H39N5O6. The van der Waals surface area contributed by atoms with Crippen molar-refractivity contribution < 1.29 is 29.4 Å². The summed E-state index contributed by atoms with van der Waals surface area (Å²) in [5.41, 5.74) is 8.16. The molecular weight excluding hydrogens is 526 g/mol. The molecule has 11 nitrogen and oxygen atoms in total. The lowest BCUT2D eigenvalue weighted by Crippen LogP contribution is -2.59. The number of aromatic amines is 1. The monoisotopic (exact) mass is 565 g/mol. The van der Waals surface area contributed by atoms with E-state index in [2.05, 4.69) is 20.9 Å². The standard InChI is InChI=1S/C30H39N5O6/c1-16(2)25(31)28(38)35-26(17(3)4)29(39)33-23(14-19-15-32-22-8-6-5-7-21(19)22)27(37)34-24(30(40)41)13-18-9-11-20(36)12-10-18/h5-12,15-17,23-26,32,36H,13-14,31H2,1-4H3,(H,33,39)(H,34,37)(H,35,38)(H,40,41). The Morgan fingerprint density at radius 2 is 1.44 bits per heavy atom. The van der Waals surface area contributed by atoms with Crippen LogP contribution in [0.3, 0.4) is 0 Å². The quantitative estimate of drug-likeness (QED) is 0.165. The number of nitrogens with one attached hydrogen (secondary N) is 4. The number of carboxylic acid groups (broad SMARTS) is 1. The summed E-state index contributed by atoms with van der Waals surface area (Å²) in [6, 6.07) is 9.26. The van der Waals surface area contributed by atoms with Crippen LogP contribution in [0.1, 0.15) is 38.8 Å². The molecule has 3 amide bonds. The molecule has 3 aromatic rings. The van der Waals surface area contributed by atoms with E-state index in [4.69, 9.17) is 5.73 Å². The summed E-state index contributed by atoms with van der Waals surface area (Å²) in [6.07, 6.45) is 1.77. The number of hydrogen-bond acceptors (Lipinski definition) is 6. The molecule has 41 heavy (non-hydrogen) atoms. The Hall–Kier alpha value is -4.38. The van der Waals surface area contributed by atoms with Gasteiger partial charge in [0.15, 0.2) is 0 Å². The van der Waals surface area contributed by atoms with Gasteiger partial charge in [0.25, 0.3) is 0 Å². The number of benzene rings is 2. The van der Waals surface area contributed by atoms with E-state index in [1.54, 1.807) is 46.0 Å². The number of amides is 3. The predicted molar refractivity (Wildman–Crippen MR) is 155 cm³/mol. The molecule has 0 aliphatic carbocycles. The van der Waals surface area contributed by atoms with Crippen LogP contribution in [0.5, 0.6) is 5.75 Å². The summed E-state index contributed by atoms with van der Waals surface area (Å²) in [4.78, 5) is 54.9. The number of aromatic nitrogens is 1. The van der Waals surface area contributed by atoms with Crippen LogP contribution in [0, 0.1) is 11.8 Å². The van der Waals surface area contributed by atoms with Crippen LogP contribution in [0.15, 0.2) is 54.7 Å². The van der Waals surface area contributed by atoms with Crippen molar-refractivity contribution in [1.82, 2.24) is 20.9 Å². The zero-order valence-electron chi connectivity index (χ0n) is 23.7. The first-order chi connectivity index (χ1) is 19.4. The van der Waals surface area contributed by atoms with Gasteiger partial charge in [-0.05, 0) is 41.2 Å². The largest absolute Gasteiger partial charge is 0.508 e. The van der Waals surface area contributed by atoms with Crippen LogP contribution in [0.2, 0.25) is 0 Å². The number of hydrogen-bond donors (Lipinski definition) is 7.